The van der Waals surface area contributed by atoms with Gasteiger partial charge in [0.15, 0.2) is 18.3 Å². The van der Waals surface area contributed by atoms with Crippen LogP contribution in [0.4, 0.5) is 13.2 Å². The maximum absolute atomic E-state index is 11.8. The number of nitrogens with two attached hydrogens (primary N) is 1. The Hall–Kier alpha value is -1.47. The van der Waals surface area contributed by atoms with Crippen molar-refractivity contribution in [2.75, 3.05) is 20.5 Å². The first-order valence-corrected chi connectivity index (χ1v) is 5.10. The van der Waals surface area contributed by atoms with Gasteiger partial charge in [-0.05, 0) is 17.7 Å². The molecule has 0 atom stereocenters. The standard InChI is InChI=1S/C11H14F3NO3/c1-16-10-4-8(5-15)2-3-9(10)18-7-17-6-11(12,13)14/h2-4H,5-7,15H2,1H3. The summed E-state index contributed by atoms with van der Waals surface area (Å²) in [6.45, 7) is -1.52. The molecule has 0 unspecified atom stereocenters. The molecule has 0 radical (unpaired) electrons. The van der Waals surface area contributed by atoms with E-state index in [4.69, 9.17) is 15.2 Å². The highest BCUT2D eigenvalue weighted by Gasteiger charge is 2.27. The lowest BCUT2D eigenvalue weighted by atomic mass is 10.2. The molecule has 1 aromatic carbocycles. The first-order chi connectivity index (χ1) is 8.46. The van der Waals surface area contributed by atoms with Crippen LogP contribution in [-0.4, -0.2) is 26.7 Å². The average molecular weight is 265 g/mol. The van der Waals surface area contributed by atoms with Crippen molar-refractivity contribution < 1.29 is 27.4 Å². The van der Waals surface area contributed by atoms with Gasteiger partial charge in [-0.3, -0.25) is 0 Å². The summed E-state index contributed by atoms with van der Waals surface area (Å²) in [6.07, 6.45) is -4.36. The molecule has 0 aliphatic carbocycles. The number of rotatable bonds is 6. The maximum atomic E-state index is 11.8. The van der Waals surface area contributed by atoms with Crippen LogP contribution in [0, 0.1) is 0 Å². The normalized spacial score (nSPS) is 11.4. The Balaban J connectivity index is 2.51. The van der Waals surface area contributed by atoms with Gasteiger partial charge in [0.25, 0.3) is 0 Å². The van der Waals surface area contributed by atoms with E-state index in [2.05, 4.69) is 4.74 Å². The molecule has 0 saturated carbocycles. The molecular weight excluding hydrogens is 251 g/mol. The number of ether oxygens (including phenoxy) is 3. The van der Waals surface area contributed by atoms with Crippen LogP contribution < -0.4 is 15.2 Å². The molecule has 0 amide bonds. The third-order valence-electron chi connectivity index (χ3n) is 2.03. The highest BCUT2D eigenvalue weighted by atomic mass is 19.4. The van der Waals surface area contributed by atoms with Gasteiger partial charge in [-0.1, -0.05) is 6.07 Å². The van der Waals surface area contributed by atoms with E-state index in [1.54, 1.807) is 18.2 Å². The Bertz CT molecular complexity index is 382. The zero-order chi connectivity index (χ0) is 13.6. The van der Waals surface area contributed by atoms with Gasteiger partial charge < -0.3 is 19.9 Å². The lowest BCUT2D eigenvalue weighted by molar-refractivity contribution is -0.186. The third-order valence-corrected chi connectivity index (χ3v) is 2.03. The van der Waals surface area contributed by atoms with Gasteiger partial charge in [0.05, 0.1) is 7.11 Å². The zero-order valence-corrected chi connectivity index (χ0v) is 9.79. The second-order valence-corrected chi connectivity index (χ2v) is 3.42. The molecule has 0 saturated heterocycles. The van der Waals surface area contributed by atoms with Crippen LogP contribution in [0.5, 0.6) is 11.5 Å². The number of hydrogen-bond donors (Lipinski definition) is 1. The monoisotopic (exact) mass is 265 g/mol. The first kappa shape index (κ1) is 14.6. The number of benzene rings is 1. The zero-order valence-electron chi connectivity index (χ0n) is 9.79. The van der Waals surface area contributed by atoms with Crippen LogP contribution in [0.2, 0.25) is 0 Å². The molecule has 2 N–H and O–H groups in total. The Morgan fingerprint density at radius 3 is 2.50 bits per heavy atom. The predicted octanol–water partition coefficient (Wildman–Crippen LogP) is 2.07. The molecule has 0 heterocycles. The summed E-state index contributed by atoms with van der Waals surface area (Å²) in [5.41, 5.74) is 6.28. The Labute approximate surface area is 102 Å². The van der Waals surface area contributed by atoms with Gasteiger partial charge in [0.1, 0.15) is 6.61 Å². The SMILES string of the molecule is COc1cc(CN)ccc1OCOCC(F)(F)F. The Kier molecular flexibility index (Phi) is 5.24. The van der Waals surface area contributed by atoms with Crippen LogP contribution in [0.25, 0.3) is 0 Å². The summed E-state index contributed by atoms with van der Waals surface area (Å²) >= 11 is 0. The lowest BCUT2D eigenvalue weighted by Gasteiger charge is -2.12. The summed E-state index contributed by atoms with van der Waals surface area (Å²) in [4.78, 5) is 0. The van der Waals surface area contributed by atoms with E-state index in [0.29, 0.717) is 18.0 Å². The molecule has 0 aromatic heterocycles. The molecule has 1 aromatic rings. The highest BCUT2D eigenvalue weighted by molar-refractivity contribution is 5.42. The Morgan fingerprint density at radius 2 is 1.94 bits per heavy atom. The summed E-state index contributed by atoms with van der Waals surface area (Å²) in [5.74, 6) is 0.699. The molecule has 0 spiro atoms. The molecule has 0 aliphatic rings. The Morgan fingerprint density at radius 1 is 1.22 bits per heavy atom. The average Bonchev–Trinajstić information content (AvgIpc) is 2.33. The molecular formula is C11H14F3NO3. The molecule has 18 heavy (non-hydrogen) atoms. The van der Waals surface area contributed by atoms with Gasteiger partial charge in [-0.2, -0.15) is 13.2 Å². The van der Waals surface area contributed by atoms with Crippen molar-refractivity contribution in [2.24, 2.45) is 5.73 Å². The fourth-order valence-electron chi connectivity index (χ4n) is 1.22. The van der Waals surface area contributed by atoms with Gasteiger partial charge in [-0.25, -0.2) is 0 Å². The molecule has 1 rings (SSSR count). The molecule has 0 fully saturated rings. The minimum absolute atomic E-state index is 0.303. The molecule has 4 nitrogen and oxygen atoms in total. The lowest BCUT2D eigenvalue weighted by Crippen LogP contribution is -2.19. The first-order valence-electron chi connectivity index (χ1n) is 5.10. The summed E-state index contributed by atoms with van der Waals surface area (Å²) in [5, 5.41) is 0. The van der Waals surface area contributed by atoms with Crippen molar-refractivity contribution in [1.29, 1.82) is 0 Å². The molecule has 0 aliphatic heterocycles. The van der Waals surface area contributed by atoms with Gasteiger partial charge in [-0.15, -0.1) is 0 Å². The summed E-state index contributed by atoms with van der Waals surface area (Å²) in [6, 6.07) is 4.92. The van der Waals surface area contributed by atoms with E-state index < -0.39 is 19.6 Å². The van der Waals surface area contributed by atoms with E-state index in [1.165, 1.54) is 7.11 Å². The highest BCUT2D eigenvalue weighted by Crippen LogP contribution is 2.28. The molecule has 0 bridgehead atoms. The topological polar surface area (TPSA) is 53.7 Å². The second-order valence-electron chi connectivity index (χ2n) is 3.42. The van der Waals surface area contributed by atoms with E-state index in [-0.39, 0.29) is 0 Å². The van der Waals surface area contributed by atoms with Crippen molar-refractivity contribution in [3.8, 4) is 11.5 Å². The number of halogens is 3. The quantitative estimate of drug-likeness (QED) is 0.632. The van der Waals surface area contributed by atoms with Crippen molar-refractivity contribution in [2.45, 2.75) is 12.7 Å². The number of alkyl halides is 3. The van der Waals surface area contributed by atoms with Gasteiger partial charge in [0.2, 0.25) is 0 Å². The smallest absolute Gasteiger partial charge is 0.411 e. The fourth-order valence-corrected chi connectivity index (χ4v) is 1.22. The molecule has 7 heteroatoms. The minimum atomic E-state index is -4.36. The predicted molar refractivity (Wildman–Crippen MR) is 58.4 cm³/mol. The van der Waals surface area contributed by atoms with Crippen LogP contribution in [0.3, 0.4) is 0 Å². The third kappa shape index (κ3) is 4.80. The van der Waals surface area contributed by atoms with Crippen molar-refractivity contribution in [3.05, 3.63) is 23.8 Å². The molecule has 102 valence electrons. The van der Waals surface area contributed by atoms with Crippen molar-refractivity contribution >= 4 is 0 Å². The summed E-state index contributed by atoms with van der Waals surface area (Å²) < 4.78 is 49.8. The minimum Gasteiger partial charge on any atom is -0.493 e. The van der Waals surface area contributed by atoms with Crippen LogP contribution in [-0.2, 0) is 11.3 Å². The van der Waals surface area contributed by atoms with E-state index in [9.17, 15) is 13.2 Å². The maximum Gasteiger partial charge on any atom is 0.411 e. The van der Waals surface area contributed by atoms with E-state index in [1.807, 2.05) is 0 Å². The van der Waals surface area contributed by atoms with E-state index in [0.717, 1.165) is 5.56 Å². The van der Waals surface area contributed by atoms with Gasteiger partial charge in [0, 0.05) is 6.54 Å². The fraction of sp³-hybridized carbons (Fsp3) is 0.455. The van der Waals surface area contributed by atoms with Crippen molar-refractivity contribution in [1.82, 2.24) is 0 Å². The largest absolute Gasteiger partial charge is 0.493 e. The van der Waals surface area contributed by atoms with Crippen molar-refractivity contribution in [3.63, 3.8) is 0 Å². The second kappa shape index (κ2) is 6.46. The van der Waals surface area contributed by atoms with Crippen LogP contribution in [0.15, 0.2) is 18.2 Å². The van der Waals surface area contributed by atoms with Crippen LogP contribution in [0.1, 0.15) is 5.56 Å². The number of methoxy groups -OCH3 is 1. The van der Waals surface area contributed by atoms with E-state index >= 15 is 0 Å². The number of hydrogen-bond acceptors (Lipinski definition) is 4. The van der Waals surface area contributed by atoms with Gasteiger partial charge >= 0.3 is 6.18 Å². The summed E-state index contributed by atoms with van der Waals surface area (Å²) in [7, 11) is 1.43. The van der Waals surface area contributed by atoms with Crippen LogP contribution >= 0.6 is 0 Å².